The summed E-state index contributed by atoms with van der Waals surface area (Å²) in [6.45, 7) is 7.42. The summed E-state index contributed by atoms with van der Waals surface area (Å²) in [5.41, 5.74) is 2.09. The lowest BCUT2D eigenvalue weighted by Crippen LogP contribution is -2.51. The van der Waals surface area contributed by atoms with E-state index in [0.29, 0.717) is 44.7 Å². The molecule has 0 spiro atoms. The van der Waals surface area contributed by atoms with Crippen LogP contribution < -0.4 is 0 Å². The van der Waals surface area contributed by atoms with Crippen molar-refractivity contribution in [3.63, 3.8) is 0 Å². The third-order valence-corrected chi connectivity index (χ3v) is 5.28. The van der Waals surface area contributed by atoms with Crippen molar-refractivity contribution in [1.82, 2.24) is 14.8 Å². The summed E-state index contributed by atoms with van der Waals surface area (Å²) < 4.78 is 4.63. The van der Waals surface area contributed by atoms with Crippen molar-refractivity contribution in [2.75, 3.05) is 26.2 Å². The number of H-pyrrole nitrogens is 1. The Morgan fingerprint density at radius 2 is 1.77 bits per heavy atom. The summed E-state index contributed by atoms with van der Waals surface area (Å²) >= 11 is 12.5. The number of hydrogen-bond donors (Lipinski definition) is 1. The number of nitrogens with zero attached hydrogens (tertiary/aromatic N) is 2. The maximum atomic E-state index is 12.8. The molecule has 1 aliphatic heterocycles. The van der Waals surface area contributed by atoms with Crippen molar-refractivity contribution < 1.29 is 14.3 Å². The van der Waals surface area contributed by atoms with E-state index in [1.165, 1.54) is 0 Å². The van der Waals surface area contributed by atoms with Crippen molar-refractivity contribution in [2.24, 2.45) is 0 Å². The SMILES string of the molecule is CC(C)(C)OC(=O)N1CCN(C(=O)c2cc3c([nH]2)CCC(Cl)(Cl)C3)CC1. The van der Waals surface area contributed by atoms with Gasteiger partial charge in [0.15, 0.2) is 0 Å². The number of alkyl halides is 2. The number of carbonyl (C=O) groups excluding carboxylic acids is 2. The van der Waals surface area contributed by atoms with Crippen LogP contribution in [0.15, 0.2) is 6.07 Å². The van der Waals surface area contributed by atoms with Crippen LogP contribution in [0.25, 0.3) is 0 Å². The molecule has 1 N–H and O–H groups in total. The Kier molecular flexibility index (Phi) is 5.19. The van der Waals surface area contributed by atoms with Crippen LogP contribution in [0, 0.1) is 0 Å². The van der Waals surface area contributed by atoms with E-state index in [-0.39, 0.29) is 12.0 Å². The highest BCUT2D eigenvalue weighted by molar-refractivity contribution is 6.48. The first kappa shape index (κ1) is 19.4. The number of aryl methyl sites for hydroxylation is 1. The highest BCUT2D eigenvalue weighted by Crippen LogP contribution is 2.37. The molecule has 8 heteroatoms. The molecular weight excluding hydrogens is 377 g/mol. The van der Waals surface area contributed by atoms with Crippen LogP contribution in [-0.2, 0) is 17.6 Å². The van der Waals surface area contributed by atoms with E-state index >= 15 is 0 Å². The van der Waals surface area contributed by atoms with Crippen molar-refractivity contribution in [1.29, 1.82) is 0 Å². The van der Waals surface area contributed by atoms with E-state index in [0.717, 1.165) is 17.7 Å². The lowest BCUT2D eigenvalue weighted by Gasteiger charge is -2.35. The van der Waals surface area contributed by atoms with Gasteiger partial charge in [0.25, 0.3) is 5.91 Å². The van der Waals surface area contributed by atoms with E-state index < -0.39 is 9.93 Å². The Hall–Kier alpha value is -1.40. The predicted octanol–water partition coefficient (Wildman–Crippen LogP) is 3.37. The number of aromatic nitrogens is 1. The van der Waals surface area contributed by atoms with Crippen molar-refractivity contribution >= 4 is 35.2 Å². The highest BCUT2D eigenvalue weighted by Gasteiger charge is 2.33. The molecule has 1 aliphatic carbocycles. The standard InChI is InChI=1S/C18H25Cl2N3O3/c1-17(2,3)26-16(25)23-8-6-22(7-9-23)15(24)14-10-12-11-18(19,20)5-4-13(12)21-14/h10,21H,4-9,11H2,1-3H3. The number of rotatable bonds is 1. The summed E-state index contributed by atoms with van der Waals surface area (Å²) in [6.07, 6.45) is 1.62. The summed E-state index contributed by atoms with van der Waals surface area (Å²) in [7, 11) is 0. The fourth-order valence-corrected chi connectivity index (χ4v) is 3.78. The smallest absolute Gasteiger partial charge is 0.410 e. The first-order valence-electron chi connectivity index (χ1n) is 8.90. The number of ether oxygens (including phenoxy) is 1. The molecular formula is C18H25Cl2N3O3. The van der Waals surface area contributed by atoms with Gasteiger partial charge >= 0.3 is 6.09 Å². The molecule has 2 heterocycles. The normalized spacial score (nSPS) is 19.9. The quantitative estimate of drug-likeness (QED) is 0.733. The summed E-state index contributed by atoms with van der Waals surface area (Å²) in [5.74, 6) is -0.0574. The number of amides is 2. The zero-order valence-corrected chi connectivity index (χ0v) is 16.9. The van der Waals surface area contributed by atoms with Gasteiger partial charge in [0.2, 0.25) is 0 Å². The fraction of sp³-hybridized carbons (Fsp3) is 0.667. The van der Waals surface area contributed by atoms with Crippen LogP contribution in [0.3, 0.4) is 0 Å². The van der Waals surface area contributed by atoms with E-state index in [4.69, 9.17) is 27.9 Å². The molecule has 144 valence electrons. The van der Waals surface area contributed by atoms with Crippen molar-refractivity contribution in [3.05, 3.63) is 23.0 Å². The Morgan fingerprint density at radius 1 is 1.15 bits per heavy atom. The molecule has 0 saturated carbocycles. The zero-order chi connectivity index (χ0) is 19.1. The third kappa shape index (κ3) is 4.46. The number of nitrogens with one attached hydrogen (secondary N) is 1. The first-order chi connectivity index (χ1) is 12.0. The highest BCUT2D eigenvalue weighted by atomic mass is 35.5. The molecule has 0 unspecified atom stereocenters. The Balaban J connectivity index is 1.59. The van der Waals surface area contributed by atoms with Gasteiger partial charge in [-0.25, -0.2) is 4.79 Å². The second kappa shape index (κ2) is 6.97. The lowest BCUT2D eigenvalue weighted by molar-refractivity contribution is 0.0140. The minimum Gasteiger partial charge on any atom is -0.444 e. The second-order valence-electron chi connectivity index (χ2n) is 7.98. The van der Waals surface area contributed by atoms with Gasteiger partial charge in [-0.1, -0.05) is 0 Å². The van der Waals surface area contributed by atoms with Gasteiger partial charge in [-0.3, -0.25) is 4.79 Å². The predicted molar refractivity (Wildman–Crippen MR) is 101 cm³/mol. The minimum atomic E-state index is -0.755. The van der Waals surface area contributed by atoms with Crippen LogP contribution in [0.4, 0.5) is 4.79 Å². The van der Waals surface area contributed by atoms with Gasteiger partial charge in [-0.2, -0.15) is 0 Å². The topological polar surface area (TPSA) is 65.6 Å². The maximum absolute atomic E-state index is 12.8. The number of aromatic amines is 1. The summed E-state index contributed by atoms with van der Waals surface area (Å²) in [5, 5.41) is 0. The van der Waals surface area contributed by atoms with Crippen LogP contribution in [0.5, 0.6) is 0 Å². The summed E-state index contributed by atoms with van der Waals surface area (Å²) in [6, 6.07) is 1.86. The molecule has 6 nitrogen and oxygen atoms in total. The van der Waals surface area contributed by atoms with Gasteiger partial charge < -0.3 is 19.5 Å². The van der Waals surface area contributed by atoms with Crippen molar-refractivity contribution in [2.45, 2.75) is 50.0 Å². The van der Waals surface area contributed by atoms with Gasteiger partial charge in [0.1, 0.15) is 15.6 Å². The van der Waals surface area contributed by atoms with E-state index in [1.54, 1.807) is 9.80 Å². The van der Waals surface area contributed by atoms with Crippen molar-refractivity contribution in [3.8, 4) is 0 Å². The van der Waals surface area contributed by atoms with Gasteiger partial charge in [0, 0.05) is 38.3 Å². The van der Waals surface area contributed by atoms with Crippen LogP contribution >= 0.6 is 23.2 Å². The molecule has 1 saturated heterocycles. The van der Waals surface area contributed by atoms with Gasteiger partial charge in [-0.15, -0.1) is 23.2 Å². The van der Waals surface area contributed by atoms with E-state index in [2.05, 4.69) is 4.98 Å². The number of fused-ring (bicyclic) bond motifs is 1. The third-order valence-electron chi connectivity index (χ3n) is 4.63. The second-order valence-corrected chi connectivity index (χ2v) is 9.62. The van der Waals surface area contributed by atoms with Crippen LogP contribution in [-0.4, -0.2) is 62.9 Å². The first-order valence-corrected chi connectivity index (χ1v) is 9.65. The Morgan fingerprint density at radius 3 is 2.38 bits per heavy atom. The zero-order valence-electron chi connectivity index (χ0n) is 15.4. The monoisotopic (exact) mass is 401 g/mol. The molecule has 2 aliphatic rings. The Labute approximate surface area is 163 Å². The number of piperazine rings is 1. The number of halogens is 2. The van der Waals surface area contributed by atoms with Crippen LogP contribution in [0.2, 0.25) is 0 Å². The average Bonchev–Trinajstić information content (AvgIpc) is 2.94. The van der Waals surface area contributed by atoms with Gasteiger partial charge in [0.05, 0.1) is 0 Å². The molecule has 0 atom stereocenters. The summed E-state index contributed by atoms with van der Waals surface area (Å²) in [4.78, 5) is 31.5. The van der Waals surface area contributed by atoms with Crippen LogP contribution in [0.1, 0.15) is 48.9 Å². The average molecular weight is 402 g/mol. The van der Waals surface area contributed by atoms with E-state index in [1.807, 2.05) is 26.8 Å². The minimum absolute atomic E-state index is 0.0574. The molecule has 0 radical (unpaired) electrons. The number of carbonyl (C=O) groups is 2. The molecule has 1 aromatic heterocycles. The molecule has 3 rings (SSSR count). The van der Waals surface area contributed by atoms with Gasteiger partial charge in [-0.05, 0) is 45.2 Å². The lowest BCUT2D eigenvalue weighted by atomic mass is 9.97. The number of hydrogen-bond acceptors (Lipinski definition) is 3. The van der Waals surface area contributed by atoms with E-state index in [9.17, 15) is 9.59 Å². The molecule has 0 bridgehead atoms. The maximum Gasteiger partial charge on any atom is 0.410 e. The molecule has 1 fully saturated rings. The molecule has 0 aromatic carbocycles. The largest absolute Gasteiger partial charge is 0.444 e. The molecule has 26 heavy (non-hydrogen) atoms. The fourth-order valence-electron chi connectivity index (χ4n) is 3.30. The molecule has 2 amide bonds. The Bertz CT molecular complexity index is 701. The molecule has 1 aromatic rings.